The molecular weight excluding hydrogens is 370 g/mol. The number of hydrogen-bond donors (Lipinski definition) is 1. The summed E-state index contributed by atoms with van der Waals surface area (Å²) >= 11 is 4.63. The molecule has 0 saturated carbocycles. The van der Waals surface area contributed by atoms with Gasteiger partial charge < -0.3 is 5.32 Å². The number of benzene rings is 1. The van der Waals surface area contributed by atoms with Crippen LogP contribution in [0.1, 0.15) is 35.8 Å². The normalized spacial score (nSPS) is 11.0. The van der Waals surface area contributed by atoms with Crippen LogP contribution >= 0.6 is 34.4 Å². The van der Waals surface area contributed by atoms with E-state index in [0.29, 0.717) is 17.5 Å². The van der Waals surface area contributed by atoms with Crippen molar-refractivity contribution in [2.45, 2.75) is 36.3 Å². The lowest BCUT2D eigenvalue weighted by Gasteiger charge is -2.06. The standard InChI is InChI=1S/C18H19N3OS3/c1-12(2)14-7-5-13(6-8-14)11-24-18-21-20-17(25-18)19-16(22)10-15-4-3-9-23-15/h3-9,12H,10-11H2,1-2H3,(H,19,20,22). The van der Waals surface area contributed by atoms with E-state index in [9.17, 15) is 4.79 Å². The third-order valence-corrected chi connectivity index (χ3v) is 6.50. The van der Waals surface area contributed by atoms with Crippen molar-refractivity contribution in [3.8, 4) is 0 Å². The van der Waals surface area contributed by atoms with E-state index < -0.39 is 0 Å². The van der Waals surface area contributed by atoms with Gasteiger partial charge in [-0.05, 0) is 28.5 Å². The fraction of sp³-hybridized carbons (Fsp3) is 0.278. The van der Waals surface area contributed by atoms with Crippen molar-refractivity contribution in [2.75, 3.05) is 5.32 Å². The Kier molecular flexibility index (Phi) is 6.23. The Bertz CT molecular complexity index is 810. The zero-order valence-corrected chi connectivity index (χ0v) is 16.5. The zero-order chi connectivity index (χ0) is 17.6. The van der Waals surface area contributed by atoms with E-state index in [1.165, 1.54) is 22.5 Å². The number of nitrogens with one attached hydrogen (secondary N) is 1. The van der Waals surface area contributed by atoms with Crippen LogP contribution in [-0.2, 0) is 17.0 Å². The summed E-state index contributed by atoms with van der Waals surface area (Å²) in [6, 6.07) is 12.6. The predicted octanol–water partition coefficient (Wildman–Crippen LogP) is 5.20. The Morgan fingerprint density at radius 2 is 2.00 bits per heavy atom. The summed E-state index contributed by atoms with van der Waals surface area (Å²) in [5.41, 5.74) is 2.60. The molecular formula is C18H19N3OS3. The minimum Gasteiger partial charge on any atom is -0.300 e. The minimum atomic E-state index is -0.0561. The van der Waals surface area contributed by atoms with Gasteiger partial charge in [0.1, 0.15) is 0 Å². The molecule has 0 aliphatic rings. The summed E-state index contributed by atoms with van der Waals surface area (Å²) in [5.74, 6) is 1.33. The van der Waals surface area contributed by atoms with Gasteiger partial charge in [0.15, 0.2) is 4.34 Å². The van der Waals surface area contributed by atoms with Crippen LogP contribution in [0.5, 0.6) is 0 Å². The maximum atomic E-state index is 12.0. The van der Waals surface area contributed by atoms with E-state index in [1.807, 2.05) is 17.5 Å². The molecule has 0 radical (unpaired) electrons. The Morgan fingerprint density at radius 3 is 2.68 bits per heavy atom. The average molecular weight is 390 g/mol. The number of thioether (sulfide) groups is 1. The smallest absolute Gasteiger partial charge is 0.231 e. The largest absolute Gasteiger partial charge is 0.300 e. The predicted molar refractivity (Wildman–Crippen MR) is 107 cm³/mol. The van der Waals surface area contributed by atoms with Gasteiger partial charge in [0.05, 0.1) is 6.42 Å². The van der Waals surface area contributed by atoms with Crippen molar-refractivity contribution < 1.29 is 4.79 Å². The maximum Gasteiger partial charge on any atom is 0.231 e. The van der Waals surface area contributed by atoms with Gasteiger partial charge in [0, 0.05) is 10.6 Å². The molecule has 0 spiro atoms. The third kappa shape index (κ3) is 5.39. The molecule has 1 N–H and O–H groups in total. The molecule has 0 atom stereocenters. The summed E-state index contributed by atoms with van der Waals surface area (Å²) < 4.78 is 0.861. The molecule has 0 bridgehead atoms. The molecule has 0 aliphatic heterocycles. The van der Waals surface area contributed by atoms with Crippen LogP contribution in [-0.4, -0.2) is 16.1 Å². The molecule has 3 aromatic rings. The highest BCUT2D eigenvalue weighted by atomic mass is 32.2. The first-order chi connectivity index (χ1) is 12.1. The van der Waals surface area contributed by atoms with Gasteiger partial charge >= 0.3 is 0 Å². The first kappa shape index (κ1) is 18.1. The van der Waals surface area contributed by atoms with Crippen LogP contribution in [0.2, 0.25) is 0 Å². The third-order valence-electron chi connectivity index (χ3n) is 3.58. The van der Waals surface area contributed by atoms with Crippen LogP contribution in [0.4, 0.5) is 5.13 Å². The number of thiophene rings is 1. The molecule has 130 valence electrons. The van der Waals surface area contributed by atoms with Gasteiger partial charge in [0.25, 0.3) is 0 Å². The molecule has 25 heavy (non-hydrogen) atoms. The molecule has 2 aromatic heterocycles. The van der Waals surface area contributed by atoms with Crippen LogP contribution in [0.3, 0.4) is 0 Å². The summed E-state index contributed by atoms with van der Waals surface area (Å²) in [6.07, 6.45) is 0.377. The average Bonchev–Trinajstić information content (AvgIpc) is 3.25. The monoisotopic (exact) mass is 389 g/mol. The van der Waals surface area contributed by atoms with Crippen LogP contribution in [0.15, 0.2) is 46.1 Å². The van der Waals surface area contributed by atoms with Crippen molar-refractivity contribution in [1.29, 1.82) is 0 Å². The van der Waals surface area contributed by atoms with Gasteiger partial charge in [-0.15, -0.1) is 21.5 Å². The van der Waals surface area contributed by atoms with Gasteiger partial charge in [0.2, 0.25) is 11.0 Å². The Morgan fingerprint density at radius 1 is 1.20 bits per heavy atom. The first-order valence-electron chi connectivity index (χ1n) is 7.97. The minimum absolute atomic E-state index is 0.0561. The molecule has 2 heterocycles. The molecule has 0 unspecified atom stereocenters. The van der Waals surface area contributed by atoms with Crippen molar-refractivity contribution in [1.82, 2.24) is 10.2 Å². The molecule has 1 aromatic carbocycles. The van der Waals surface area contributed by atoms with E-state index in [2.05, 4.69) is 53.6 Å². The number of carbonyl (C=O) groups is 1. The SMILES string of the molecule is CC(C)c1ccc(CSc2nnc(NC(=O)Cc3cccs3)s2)cc1. The lowest BCUT2D eigenvalue weighted by atomic mass is 10.0. The Hall–Kier alpha value is -1.70. The van der Waals surface area contributed by atoms with E-state index in [0.717, 1.165) is 15.0 Å². The zero-order valence-electron chi connectivity index (χ0n) is 14.1. The lowest BCUT2D eigenvalue weighted by Crippen LogP contribution is -2.13. The second kappa shape index (κ2) is 8.60. The summed E-state index contributed by atoms with van der Waals surface area (Å²) in [5, 5.41) is 13.5. The molecule has 0 fully saturated rings. The van der Waals surface area contributed by atoms with E-state index in [1.54, 1.807) is 23.1 Å². The van der Waals surface area contributed by atoms with Crippen molar-refractivity contribution in [3.63, 3.8) is 0 Å². The number of nitrogens with zero attached hydrogens (tertiary/aromatic N) is 2. The number of anilines is 1. The van der Waals surface area contributed by atoms with Crippen LogP contribution in [0.25, 0.3) is 0 Å². The number of rotatable bonds is 7. The highest BCUT2D eigenvalue weighted by Gasteiger charge is 2.10. The number of hydrogen-bond acceptors (Lipinski definition) is 6. The topological polar surface area (TPSA) is 54.9 Å². The Labute approximate surface area is 159 Å². The maximum absolute atomic E-state index is 12.0. The number of amides is 1. The van der Waals surface area contributed by atoms with Crippen molar-refractivity contribution >= 4 is 45.5 Å². The van der Waals surface area contributed by atoms with Gasteiger partial charge in [-0.2, -0.15) is 0 Å². The fourth-order valence-corrected chi connectivity index (χ4v) is 4.62. The van der Waals surface area contributed by atoms with Gasteiger partial charge in [-0.25, -0.2) is 0 Å². The van der Waals surface area contributed by atoms with E-state index in [-0.39, 0.29) is 5.91 Å². The fourth-order valence-electron chi connectivity index (χ4n) is 2.20. The van der Waals surface area contributed by atoms with E-state index >= 15 is 0 Å². The molecule has 3 rings (SSSR count). The lowest BCUT2D eigenvalue weighted by molar-refractivity contribution is -0.115. The highest BCUT2D eigenvalue weighted by molar-refractivity contribution is 8.00. The van der Waals surface area contributed by atoms with Crippen molar-refractivity contribution in [3.05, 3.63) is 57.8 Å². The molecule has 7 heteroatoms. The second-order valence-electron chi connectivity index (χ2n) is 5.86. The van der Waals surface area contributed by atoms with Gasteiger partial charge in [-0.3, -0.25) is 4.79 Å². The second-order valence-corrected chi connectivity index (χ2v) is 9.09. The number of carbonyl (C=O) groups excluding carboxylic acids is 1. The summed E-state index contributed by atoms with van der Waals surface area (Å²) in [4.78, 5) is 13.0. The molecule has 0 saturated heterocycles. The van der Waals surface area contributed by atoms with Crippen LogP contribution in [0, 0.1) is 0 Å². The highest BCUT2D eigenvalue weighted by Crippen LogP contribution is 2.29. The van der Waals surface area contributed by atoms with E-state index in [4.69, 9.17) is 0 Å². The summed E-state index contributed by atoms with van der Waals surface area (Å²) in [6.45, 7) is 4.39. The molecule has 0 aliphatic carbocycles. The molecule has 4 nitrogen and oxygen atoms in total. The molecule has 1 amide bonds. The van der Waals surface area contributed by atoms with Crippen molar-refractivity contribution in [2.24, 2.45) is 0 Å². The van der Waals surface area contributed by atoms with Gasteiger partial charge in [-0.1, -0.05) is 67.3 Å². The quantitative estimate of drug-likeness (QED) is 0.446. The van der Waals surface area contributed by atoms with Crippen LogP contribution < -0.4 is 5.32 Å². The first-order valence-corrected chi connectivity index (χ1v) is 10.7. The number of aromatic nitrogens is 2. The summed E-state index contributed by atoms with van der Waals surface area (Å²) in [7, 11) is 0. The Balaban J connectivity index is 1.50.